The summed E-state index contributed by atoms with van der Waals surface area (Å²) in [6, 6.07) is 3.71. The highest BCUT2D eigenvalue weighted by Crippen LogP contribution is 2.26. The van der Waals surface area contributed by atoms with Crippen molar-refractivity contribution in [1.29, 1.82) is 0 Å². The lowest BCUT2D eigenvalue weighted by atomic mass is 9.88. The zero-order valence-electron chi connectivity index (χ0n) is 17.1. The maximum atomic E-state index is 12.6. The van der Waals surface area contributed by atoms with Crippen LogP contribution in [0.3, 0.4) is 0 Å². The number of piperidine rings is 1. The van der Waals surface area contributed by atoms with Crippen molar-refractivity contribution in [3.63, 3.8) is 0 Å². The average Bonchev–Trinajstić information content (AvgIpc) is 3.31. The van der Waals surface area contributed by atoms with Crippen molar-refractivity contribution in [2.45, 2.75) is 68.7 Å². The fourth-order valence-electron chi connectivity index (χ4n) is 4.73. The summed E-state index contributed by atoms with van der Waals surface area (Å²) in [6.07, 6.45) is 10.8. The molecule has 0 bridgehead atoms. The van der Waals surface area contributed by atoms with Gasteiger partial charge in [-0.05, 0) is 50.7 Å². The van der Waals surface area contributed by atoms with E-state index >= 15 is 0 Å². The van der Waals surface area contributed by atoms with Gasteiger partial charge in [-0.1, -0.05) is 19.3 Å². The van der Waals surface area contributed by atoms with E-state index in [0.717, 1.165) is 57.4 Å². The Hall–Kier alpha value is -1.67. The Bertz CT molecular complexity index is 792. The molecule has 2 aliphatic heterocycles. The summed E-state index contributed by atoms with van der Waals surface area (Å²) in [5, 5.41) is 3.25. The molecule has 29 heavy (non-hydrogen) atoms. The molecular formula is C21H32N4O3S. The summed E-state index contributed by atoms with van der Waals surface area (Å²) in [6.45, 7) is 2.84. The largest absolute Gasteiger partial charge is 0.356 e. The first-order chi connectivity index (χ1) is 14.0. The van der Waals surface area contributed by atoms with Crippen LogP contribution in [0.25, 0.3) is 0 Å². The van der Waals surface area contributed by atoms with Crippen LogP contribution in [-0.2, 0) is 14.8 Å². The number of amides is 1. The quantitative estimate of drug-likeness (QED) is 0.792. The third-order valence-electron chi connectivity index (χ3n) is 6.56. The van der Waals surface area contributed by atoms with Gasteiger partial charge in [0.2, 0.25) is 15.9 Å². The number of nitrogens with zero attached hydrogens (tertiary/aromatic N) is 3. The first kappa shape index (κ1) is 20.6. The van der Waals surface area contributed by atoms with E-state index in [-0.39, 0.29) is 22.8 Å². The SMILES string of the molecule is O=C(NC1CCN(c2ccc(S(=O)(=O)N3CCCC3)cn2)CC1)C1CCCCC1. The molecule has 0 atom stereocenters. The number of carbonyl (C=O) groups is 1. The summed E-state index contributed by atoms with van der Waals surface area (Å²) < 4.78 is 26.8. The van der Waals surface area contributed by atoms with Crippen LogP contribution in [0.15, 0.2) is 23.2 Å². The summed E-state index contributed by atoms with van der Waals surface area (Å²) >= 11 is 0. The first-order valence-electron chi connectivity index (χ1n) is 11.1. The fraction of sp³-hybridized carbons (Fsp3) is 0.714. The maximum absolute atomic E-state index is 12.6. The van der Waals surface area contributed by atoms with Crippen molar-refractivity contribution in [2.75, 3.05) is 31.1 Å². The van der Waals surface area contributed by atoms with Crippen LogP contribution in [-0.4, -0.2) is 55.8 Å². The summed E-state index contributed by atoms with van der Waals surface area (Å²) in [5.74, 6) is 1.24. The number of hydrogen-bond acceptors (Lipinski definition) is 5. The third-order valence-corrected chi connectivity index (χ3v) is 8.45. The van der Waals surface area contributed by atoms with Crippen molar-refractivity contribution < 1.29 is 13.2 Å². The molecule has 1 amide bonds. The van der Waals surface area contributed by atoms with Gasteiger partial charge in [0.1, 0.15) is 10.7 Å². The van der Waals surface area contributed by atoms with Crippen LogP contribution in [0.5, 0.6) is 0 Å². The molecule has 1 aromatic heterocycles. The minimum absolute atomic E-state index is 0.202. The molecule has 1 aromatic rings. The summed E-state index contributed by atoms with van der Waals surface area (Å²) in [7, 11) is -3.41. The zero-order chi connectivity index (χ0) is 20.3. The Morgan fingerprint density at radius 3 is 2.24 bits per heavy atom. The molecule has 1 aliphatic carbocycles. The summed E-state index contributed by atoms with van der Waals surface area (Å²) in [5.41, 5.74) is 0. The number of carbonyl (C=O) groups excluding carboxylic acids is 1. The monoisotopic (exact) mass is 420 g/mol. The van der Waals surface area contributed by atoms with Gasteiger partial charge >= 0.3 is 0 Å². The van der Waals surface area contributed by atoms with Gasteiger partial charge in [-0.15, -0.1) is 0 Å². The van der Waals surface area contributed by atoms with E-state index in [1.54, 1.807) is 10.4 Å². The molecule has 3 heterocycles. The van der Waals surface area contributed by atoms with E-state index in [1.807, 2.05) is 6.07 Å². The van der Waals surface area contributed by atoms with Crippen molar-refractivity contribution in [2.24, 2.45) is 5.92 Å². The van der Waals surface area contributed by atoms with Crippen LogP contribution in [0.1, 0.15) is 57.8 Å². The molecule has 7 nitrogen and oxygen atoms in total. The molecule has 4 rings (SSSR count). The molecule has 8 heteroatoms. The molecule has 3 fully saturated rings. The number of nitrogens with one attached hydrogen (secondary N) is 1. The highest BCUT2D eigenvalue weighted by atomic mass is 32.2. The van der Waals surface area contributed by atoms with Gasteiger partial charge in [-0.3, -0.25) is 4.79 Å². The predicted molar refractivity (Wildman–Crippen MR) is 112 cm³/mol. The lowest BCUT2D eigenvalue weighted by Gasteiger charge is -2.34. The van der Waals surface area contributed by atoms with Gasteiger partial charge in [-0.25, -0.2) is 13.4 Å². The molecule has 160 valence electrons. The van der Waals surface area contributed by atoms with Crippen LogP contribution in [0, 0.1) is 5.92 Å². The van der Waals surface area contributed by atoms with E-state index in [9.17, 15) is 13.2 Å². The number of hydrogen-bond donors (Lipinski definition) is 1. The molecular weight excluding hydrogens is 388 g/mol. The van der Waals surface area contributed by atoms with Gasteiger partial charge in [0.25, 0.3) is 0 Å². The molecule has 3 aliphatic rings. The molecule has 1 N–H and O–H groups in total. The fourth-order valence-corrected chi connectivity index (χ4v) is 6.19. The standard InChI is InChI=1S/C21H32N4O3S/c26-21(17-6-2-1-3-7-17)23-18-10-14-24(15-11-18)20-9-8-19(16-22-20)29(27,28)25-12-4-5-13-25/h8-9,16-18H,1-7,10-15H2,(H,23,26). The third kappa shape index (κ3) is 4.74. The molecule has 0 spiro atoms. The van der Waals surface area contributed by atoms with E-state index in [1.165, 1.54) is 25.5 Å². The Morgan fingerprint density at radius 1 is 0.931 bits per heavy atom. The number of rotatable bonds is 5. The minimum Gasteiger partial charge on any atom is -0.356 e. The van der Waals surface area contributed by atoms with E-state index in [4.69, 9.17) is 0 Å². The van der Waals surface area contributed by atoms with E-state index in [0.29, 0.717) is 13.1 Å². The number of sulfonamides is 1. The van der Waals surface area contributed by atoms with Crippen LogP contribution >= 0.6 is 0 Å². The number of pyridine rings is 1. The molecule has 0 aromatic carbocycles. The topological polar surface area (TPSA) is 82.6 Å². The minimum atomic E-state index is -3.41. The van der Waals surface area contributed by atoms with Crippen LogP contribution < -0.4 is 10.2 Å². The van der Waals surface area contributed by atoms with Gasteiger partial charge in [-0.2, -0.15) is 4.31 Å². The second-order valence-corrected chi connectivity index (χ2v) is 10.5. The van der Waals surface area contributed by atoms with Gasteiger partial charge in [0, 0.05) is 44.3 Å². The van der Waals surface area contributed by atoms with Crippen molar-refractivity contribution in [3.05, 3.63) is 18.3 Å². The predicted octanol–water partition coefficient (Wildman–Crippen LogP) is 2.53. The Kier molecular flexibility index (Phi) is 6.39. The highest BCUT2D eigenvalue weighted by Gasteiger charge is 2.29. The zero-order valence-corrected chi connectivity index (χ0v) is 17.9. The van der Waals surface area contributed by atoms with Crippen molar-refractivity contribution in [3.8, 4) is 0 Å². The van der Waals surface area contributed by atoms with Crippen LogP contribution in [0.2, 0.25) is 0 Å². The van der Waals surface area contributed by atoms with Gasteiger partial charge in [0.15, 0.2) is 0 Å². The lowest BCUT2D eigenvalue weighted by Crippen LogP contribution is -2.46. The highest BCUT2D eigenvalue weighted by molar-refractivity contribution is 7.89. The Balaban J connectivity index is 1.30. The van der Waals surface area contributed by atoms with E-state index < -0.39 is 10.0 Å². The maximum Gasteiger partial charge on any atom is 0.244 e. The first-order valence-corrected chi connectivity index (χ1v) is 12.5. The van der Waals surface area contributed by atoms with Gasteiger partial charge in [0.05, 0.1) is 0 Å². The lowest BCUT2D eigenvalue weighted by molar-refractivity contribution is -0.126. The molecule has 0 radical (unpaired) electrons. The van der Waals surface area contributed by atoms with E-state index in [2.05, 4.69) is 15.2 Å². The Morgan fingerprint density at radius 2 is 1.62 bits per heavy atom. The van der Waals surface area contributed by atoms with Crippen molar-refractivity contribution >= 4 is 21.7 Å². The molecule has 1 saturated carbocycles. The molecule has 2 saturated heterocycles. The number of anilines is 1. The second kappa shape index (κ2) is 9.00. The second-order valence-electron chi connectivity index (χ2n) is 8.57. The van der Waals surface area contributed by atoms with Crippen LogP contribution in [0.4, 0.5) is 5.82 Å². The van der Waals surface area contributed by atoms with Gasteiger partial charge < -0.3 is 10.2 Å². The molecule has 0 unspecified atom stereocenters. The smallest absolute Gasteiger partial charge is 0.244 e. The normalized spacial score (nSPS) is 22.7. The Labute approximate surface area is 173 Å². The summed E-state index contributed by atoms with van der Waals surface area (Å²) in [4.78, 5) is 19.3. The number of aromatic nitrogens is 1. The average molecular weight is 421 g/mol. The van der Waals surface area contributed by atoms with Crippen molar-refractivity contribution in [1.82, 2.24) is 14.6 Å².